The van der Waals surface area contributed by atoms with Crippen molar-refractivity contribution in [3.05, 3.63) is 18.2 Å². The van der Waals surface area contributed by atoms with Gasteiger partial charge in [0.2, 0.25) is 11.8 Å². The fraction of sp³-hybridized carbons (Fsp3) is 0.333. The van der Waals surface area contributed by atoms with Gasteiger partial charge in [0.15, 0.2) is 0 Å². The molecule has 1 heterocycles. The Morgan fingerprint density at radius 2 is 2.22 bits per heavy atom. The number of hydrogen-bond donors (Lipinski definition) is 3. The molecule has 6 nitrogen and oxygen atoms in total. The number of carbonyl (C=O) groups is 2. The maximum atomic E-state index is 11.6. The van der Waals surface area contributed by atoms with Crippen molar-refractivity contribution in [2.75, 3.05) is 18.2 Å². The van der Waals surface area contributed by atoms with Crippen LogP contribution in [0.5, 0.6) is 5.75 Å². The summed E-state index contributed by atoms with van der Waals surface area (Å²) < 4.78 is 5.10. The zero-order valence-corrected chi connectivity index (χ0v) is 10.0. The van der Waals surface area contributed by atoms with Crippen LogP contribution in [0, 0.1) is 0 Å². The van der Waals surface area contributed by atoms with Gasteiger partial charge in [-0.25, -0.2) is 0 Å². The largest absolute Gasteiger partial charge is 0.495 e. The van der Waals surface area contributed by atoms with Crippen LogP contribution in [0.2, 0.25) is 0 Å². The van der Waals surface area contributed by atoms with Crippen molar-refractivity contribution in [2.45, 2.75) is 18.9 Å². The maximum absolute atomic E-state index is 11.6. The van der Waals surface area contributed by atoms with Crippen LogP contribution in [-0.4, -0.2) is 25.0 Å². The molecular weight excluding hydrogens is 234 g/mol. The van der Waals surface area contributed by atoms with E-state index < -0.39 is 6.04 Å². The van der Waals surface area contributed by atoms with E-state index in [1.165, 1.54) is 7.11 Å². The van der Waals surface area contributed by atoms with E-state index >= 15 is 0 Å². The third-order valence-corrected chi connectivity index (χ3v) is 2.81. The van der Waals surface area contributed by atoms with E-state index in [1.807, 2.05) is 0 Å². The highest BCUT2D eigenvalue weighted by Gasteiger charge is 2.26. The second-order valence-corrected chi connectivity index (χ2v) is 4.10. The lowest BCUT2D eigenvalue weighted by Crippen LogP contribution is -2.47. The summed E-state index contributed by atoms with van der Waals surface area (Å²) >= 11 is 0. The molecule has 1 fully saturated rings. The number of nitrogen functional groups attached to an aromatic ring is 1. The van der Waals surface area contributed by atoms with E-state index in [-0.39, 0.29) is 11.8 Å². The summed E-state index contributed by atoms with van der Waals surface area (Å²) in [6.07, 6.45) is 0.826. The van der Waals surface area contributed by atoms with Gasteiger partial charge in [0.05, 0.1) is 12.8 Å². The molecule has 18 heavy (non-hydrogen) atoms. The Morgan fingerprint density at radius 3 is 2.89 bits per heavy atom. The molecule has 2 amide bonds. The molecule has 0 bridgehead atoms. The SMILES string of the molecule is COc1cc(NC2CCC(=O)NC2=O)ccc1N. The molecule has 1 aliphatic heterocycles. The normalized spacial score (nSPS) is 19.3. The average molecular weight is 249 g/mol. The average Bonchev–Trinajstić information content (AvgIpc) is 2.35. The highest BCUT2D eigenvalue weighted by molar-refractivity contribution is 6.01. The maximum Gasteiger partial charge on any atom is 0.249 e. The monoisotopic (exact) mass is 249 g/mol. The molecule has 0 aromatic heterocycles. The first kappa shape index (κ1) is 12.2. The molecule has 96 valence electrons. The zero-order chi connectivity index (χ0) is 13.1. The summed E-state index contributed by atoms with van der Waals surface area (Å²) in [4.78, 5) is 22.6. The molecule has 0 saturated carbocycles. The van der Waals surface area contributed by atoms with Crippen LogP contribution in [-0.2, 0) is 9.59 Å². The Hall–Kier alpha value is -2.24. The number of amides is 2. The van der Waals surface area contributed by atoms with Crippen LogP contribution >= 0.6 is 0 Å². The summed E-state index contributed by atoms with van der Waals surface area (Å²) in [5.41, 5.74) is 6.97. The predicted molar refractivity (Wildman–Crippen MR) is 67.2 cm³/mol. The Morgan fingerprint density at radius 1 is 1.44 bits per heavy atom. The first-order valence-corrected chi connectivity index (χ1v) is 5.64. The van der Waals surface area contributed by atoms with Crippen LogP contribution in [0.1, 0.15) is 12.8 Å². The van der Waals surface area contributed by atoms with Crippen molar-refractivity contribution in [1.29, 1.82) is 0 Å². The third-order valence-electron chi connectivity index (χ3n) is 2.81. The number of ether oxygens (including phenoxy) is 1. The van der Waals surface area contributed by atoms with E-state index in [1.54, 1.807) is 18.2 Å². The number of piperidine rings is 1. The van der Waals surface area contributed by atoms with Crippen molar-refractivity contribution < 1.29 is 14.3 Å². The minimum Gasteiger partial charge on any atom is -0.495 e. The lowest BCUT2D eigenvalue weighted by atomic mass is 10.1. The number of imide groups is 1. The summed E-state index contributed by atoms with van der Waals surface area (Å²) in [6, 6.07) is 4.78. The third kappa shape index (κ3) is 2.53. The molecule has 1 unspecified atom stereocenters. The van der Waals surface area contributed by atoms with Gasteiger partial charge in [0.25, 0.3) is 0 Å². The van der Waals surface area contributed by atoms with Crippen LogP contribution < -0.4 is 21.1 Å². The van der Waals surface area contributed by atoms with Crippen molar-refractivity contribution in [3.8, 4) is 5.75 Å². The highest BCUT2D eigenvalue weighted by atomic mass is 16.5. The van der Waals surface area contributed by atoms with Gasteiger partial charge in [-0.3, -0.25) is 14.9 Å². The number of nitrogens with one attached hydrogen (secondary N) is 2. The predicted octanol–water partition coefficient (Wildman–Crippen LogP) is 0.494. The number of rotatable bonds is 3. The molecular formula is C12H15N3O3. The van der Waals surface area contributed by atoms with Crippen LogP contribution in [0.4, 0.5) is 11.4 Å². The van der Waals surface area contributed by atoms with Gasteiger partial charge in [-0.1, -0.05) is 0 Å². The van der Waals surface area contributed by atoms with E-state index in [2.05, 4.69) is 10.6 Å². The van der Waals surface area contributed by atoms with Crippen molar-refractivity contribution >= 4 is 23.2 Å². The molecule has 1 atom stereocenters. The molecule has 1 aliphatic rings. The molecule has 6 heteroatoms. The second-order valence-electron chi connectivity index (χ2n) is 4.10. The summed E-state index contributed by atoms with van der Waals surface area (Å²) in [6.45, 7) is 0. The van der Waals surface area contributed by atoms with Gasteiger partial charge in [-0.15, -0.1) is 0 Å². The highest BCUT2D eigenvalue weighted by Crippen LogP contribution is 2.26. The van der Waals surface area contributed by atoms with Gasteiger partial charge in [-0.2, -0.15) is 0 Å². The van der Waals surface area contributed by atoms with Gasteiger partial charge in [-0.05, 0) is 18.6 Å². The second kappa shape index (κ2) is 4.95. The molecule has 1 saturated heterocycles. The summed E-state index contributed by atoms with van der Waals surface area (Å²) in [7, 11) is 1.53. The summed E-state index contributed by atoms with van der Waals surface area (Å²) in [5, 5.41) is 5.35. The smallest absolute Gasteiger partial charge is 0.249 e. The minimum atomic E-state index is -0.406. The quantitative estimate of drug-likeness (QED) is 0.535. The number of benzene rings is 1. The molecule has 2 rings (SSSR count). The summed E-state index contributed by atoms with van der Waals surface area (Å²) in [5.74, 6) is 0.0160. The van der Waals surface area contributed by atoms with Gasteiger partial charge >= 0.3 is 0 Å². The molecule has 1 aromatic carbocycles. The number of nitrogens with two attached hydrogens (primary N) is 1. The van der Waals surface area contributed by atoms with Crippen LogP contribution in [0.3, 0.4) is 0 Å². The zero-order valence-electron chi connectivity index (χ0n) is 10.0. The van der Waals surface area contributed by atoms with E-state index in [9.17, 15) is 9.59 Å². The van der Waals surface area contributed by atoms with E-state index in [0.717, 1.165) is 5.69 Å². The number of methoxy groups -OCH3 is 1. The Balaban J connectivity index is 2.09. The van der Waals surface area contributed by atoms with E-state index in [0.29, 0.717) is 24.3 Å². The molecule has 0 aliphatic carbocycles. The Kier molecular flexibility index (Phi) is 3.36. The van der Waals surface area contributed by atoms with E-state index in [4.69, 9.17) is 10.5 Å². The van der Waals surface area contributed by atoms with Crippen molar-refractivity contribution in [1.82, 2.24) is 5.32 Å². The Labute approximate surface area is 104 Å². The fourth-order valence-electron chi connectivity index (χ4n) is 1.83. The number of hydrogen-bond acceptors (Lipinski definition) is 5. The molecule has 0 spiro atoms. The van der Waals surface area contributed by atoms with Gasteiger partial charge in [0, 0.05) is 18.2 Å². The lowest BCUT2D eigenvalue weighted by Gasteiger charge is -2.23. The molecule has 4 N–H and O–H groups in total. The van der Waals surface area contributed by atoms with Crippen molar-refractivity contribution in [2.24, 2.45) is 0 Å². The van der Waals surface area contributed by atoms with Crippen LogP contribution in [0.25, 0.3) is 0 Å². The standard InChI is InChI=1S/C12H15N3O3/c1-18-10-6-7(2-3-8(10)13)14-9-4-5-11(16)15-12(9)17/h2-3,6,9,14H,4-5,13H2,1H3,(H,15,16,17). The minimum absolute atomic E-state index is 0.229. The topological polar surface area (TPSA) is 93.5 Å². The molecule has 0 radical (unpaired) electrons. The Bertz CT molecular complexity index is 487. The fourth-order valence-corrected chi connectivity index (χ4v) is 1.83. The number of anilines is 2. The first-order valence-electron chi connectivity index (χ1n) is 5.64. The molecule has 1 aromatic rings. The first-order chi connectivity index (χ1) is 8.60. The van der Waals surface area contributed by atoms with Gasteiger partial charge in [0.1, 0.15) is 11.8 Å². The number of carbonyl (C=O) groups excluding carboxylic acids is 2. The lowest BCUT2D eigenvalue weighted by molar-refractivity contribution is -0.133. The van der Waals surface area contributed by atoms with Crippen LogP contribution in [0.15, 0.2) is 18.2 Å². The van der Waals surface area contributed by atoms with Crippen molar-refractivity contribution in [3.63, 3.8) is 0 Å². The van der Waals surface area contributed by atoms with Gasteiger partial charge < -0.3 is 15.8 Å².